The van der Waals surface area contributed by atoms with Crippen molar-refractivity contribution in [3.8, 4) is 11.5 Å². The van der Waals surface area contributed by atoms with E-state index in [0.29, 0.717) is 30.5 Å². The fourth-order valence-electron chi connectivity index (χ4n) is 3.41. The van der Waals surface area contributed by atoms with Crippen LogP contribution in [-0.4, -0.2) is 44.5 Å². The van der Waals surface area contributed by atoms with Crippen LogP contribution in [0.2, 0.25) is 0 Å². The molecule has 0 fully saturated rings. The van der Waals surface area contributed by atoms with Crippen LogP contribution in [-0.2, 0) is 33.7 Å². The van der Waals surface area contributed by atoms with Crippen molar-refractivity contribution in [3.05, 3.63) is 65.7 Å². The number of nitrogens with zero attached hydrogens (tertiary/aromatic N) is 4. The Bertz CT molecular complexity index is 1030. The largest absolute Gasteiger partial charge is 0.453 e. The Labute approximate surface area is 173 Å². The Kier molecular flexibility index (Phi) is 5.83. The van der Waals surface area contributed by atoms with Crippen LogP contribution < -0.4 is 0 Å². The Balaban J connectivity index is 1.27. The Morgan fingerprint density at radius 2 is 1.97 bits per heavy atom. The number of amides is 1. The van der Waals surface area contributed by atoms with Crippen LogP contribution in [0.5, 0.6) is 0 Å². The number of hydrogen-bond donors (Lipinski definition) is 0. The van der Waals surface area contributed by atoms with Gasteiger partial charge in [0.25, 0.3) is 5.91 Å². The van der Waals surface area contributed by atoms with Crippen molar-refractivity contribution in [1.29, 1.82) is 0 Å². The summed E-state index contributed by atoms with van der Waals surface area (Å²) in [5.41, 5.74) is 2.99. The standard InChI is InChI=1S/C22H22N4O4/c1-15(22(28)26-13-11-16-6-2-3-7-17(16)14-26)29-20(27)10-9-19-24-21(25-30-19)18-8-4-5-12-23-18/h2-8,12,15H,9-11,13-14H2,1H3. The molecule has 0 spiro atoms. The topological polar surface area (TPSA) is 98.4 Å². The summed E-state index contributed by atoms with van der Waals surface area (Å²) in [4.78, 5) is 35.0. The number of esters is 1. The maximum absolute atomic E-state index is 12.7. The van der Waals surface area contributed by atoms with Crippen molar-refractivity contribution in [2.45, 2.75) is 38.8 Å². The summed E-state index contributed by atoms with van der Waals surface area (Å²) in [6.45, 7) is 2.76. The molecule has 0 N–H and O–H groups in total. The number of aromatic nitrogens is 3. The summed E-state index contributed by atoms with van der Waals surface area (Å²) in [5.74, 6) is 0.0195. The molecule has 1 amide bonds. The van der Waals surface area contributed by atoms with Gasteiger partial charge in [0.15, 0.2) is 6.10 Å². The fourth-order valence-corrected chi connectivity index (χ4v) is 3.41. The minimum absolute atomic E-state index is 0.0459. The molecular weight excluding hydrogens is 384 g/mol. The van der Waals surface area contributed by atoms with Gasteiger partial charge >= 0.3 is 5.97 Å². The van der Waals surface area contributed by atoms with E-state index in [0.717, 1.165) is 12.0 Å². The minimum atomic E-state index is -0.838. The fraction of sp³-hybridized carbons (Fsp3) is 0.318. The van der Waals surface area contributed by atoms with E-state index < -0.39 is 12.1 Å². The molecule has 8 heteroatoms. The van der Waals surface area contributed by atoms with Crippen LogP contribution in [0, 0.1) is 0 Å². The number of ether oxygens (including phenoxy) is 1. The van der Waals surface area contributed by atoms with E-state index in [2.05, 4.69) is 21.2 Å². The molecule has 8 nitrogen and oxygen atoms in total. The van der Waals surface area contributed by atoms with E-state index in [9.17, 15) is 9.59 Å². The van der Waals surface area contributed by atoms with Gasteiger partial charge in [0.05, 0.1) is 6.42 Å². The molecule has 154 valence electrons. The van der Waals surface area contributed by atoms with Crippen molar-refractivity contribution in [2.75, 3.05) is 6.54 Å². The van der Waals surface area contributed by atoms with Crippen LogP contribution >= 0.6 is 0 Å². The number of aryl methyl sites for hydroxylation is 1. The first-order valence-electron chi connectivity index (χ1n) is 9.89. The van der Waals surface area contributed by atoms with Gasteiger partial charge in [0.1, 0.15) is 5.69 Å². The smallest absolute Gasteiger partial charge is 0.307 e. The van der Waals surface area contributed by atoms with Crippen LogP contribution in [0.25, 0.3) is 11.5 Å². The van der Waals surface area contributed by atoms with Crippen molar-refractivity contribution >= 4 is 11.9 Å². The predicted molar refractivity (Wildman–Crippen MR) is 107 cm³/mol. The monoisotopic (exact) mass is 406 g/mol. The molecule has 2 aromatic heterocycles. The van der Waals surface area contributed by atoms with Crippen molar-refractivity contribution in [3.63, 3.8) is 0 Å². The third-order valence-corrected chi connectivity index (χ3v) is 5.00. The molecule has 1 aromatic carbocycles. The molecule has 4 rings (SSSR count). The van der Waals surface area contributed by atoms with Gasteiger partial charge in [-0.2, -0.15) is 4.98 Å². The molecule has 1 aliphatic heterocycles. The predicted octanol–water partition coefficient (Wildman–Crippen LogP) is 2.58. The van der Waals surface area contributed by atoms with Gasteiger partial charge in [-0.05, 0) is 36.6 Å². The van der Waals surface area contributed by atoms with Crippen molar-refractivity contribution in [1.82, 2.24) is 20.0 Å². The van der Waals surface area contributed by atoms with Gasteiger partial charge in [-0.1, -0.05) is 35.5 Å². The third kappa shape index (κ3) is 4.53. The Morgan fingerprint density at radius 1 is 1.17 bits per heavy atom. The highest BCUT2D eigenvalue weighted by molar-refractivity contribution is 5.83. The second-order valence-electron chi connectivity index (χ2n) is 7.14. The number of carbonyl (C=O) groups is 2. The summed E-state index contributed by atoms with van der Waals surface area (Å²) in [7, 11) is 0. The number of fused-ring (bicyclic) bond motifs is 1. The maximum Gasteiger partial charge on any atom is 0.307 e. The second-order valence-corrected chi connectivity index (χ2v) is 7.14. The molecule has 0 saturated carbocycles. The zero-order chi connectivity index (χ0) is 20.9. The lowest BCUT2D eigenvalue weighted by atomic mass is 9.99. The highest BCUT2D eigenvalue weighted by Gasteiger charge is 2.27. The van der Waals surface area contributed by atoms with Gasteiger partial charge in [-0.15, -0.1) is 0 Å². The number of benzene rings is 1. The molecule has 3 heterocycles. The second kappa shape index (κ2) is 8.86. The molecular formula is C22H22N4O4. The van der Waals surface area contributed by atoms with Crippen LogP contribution in [0.3, 0.4) is 0 Å². The summed E-state index contributed by atoms with van der Waals surface area (Å²) < 4.78 is 10.5. The van der Waals surface area contributed by atoms with Crippen molar-refractivity contribution < 1.29 is 18.8 Å². The molecule has 3 aromatic rings. The Hall–Kier alpha value is -3.55. The van der Waals surface area contributed by atoms with Crippen LogP contribution in [0.1, 0.15) is 30.4 Å². The third-order valence-electron chi connectivity index (χ3n) is 5.00. The molecule has 0 bridgehead atoms. The molecule has 1 aliphatic rings. The van der Waals surface area contributed by atoms with Gasteiger partial charge in [0, 0.05) is 25.7 Å². The van der Waals surface area contributed by atoms with Gasteiger partial charge in [-0.3, -0.25) is 14.6 Å². The molecule has 1 unspecified atom stereocenters. The highest BCUT2D eigenvalue weighted by atomic mass is 16.5. The lowest BCUT2D eigenvalue weighted by Gasteiger charge is -2.30. The first kappa shape index (κ1) is 19.8. The molecule has 1 atom stereocenters. The number of rotatable bonds is 6. The quantitative estimate of drug-likeness (QED) is 0.580. The van der Waals surface area contributed by atoms with Gasteiger partial charge in [-0.25, -0.2) is 0 Å². The average molecular weight is 406 g/mol. The SMILES string of the molecule is CC(OC(=O)CCc1nc(-c2ccccn2)no1)C(=O)N1CCc2ccccc2C1. The van der Waals surface area contributed by atoms with E-state index >= 15 is 0 Å². The lowest BCUT2D eigenvalue weighted by molar-refractivity contribution is -0.159. The summed E-state index contributed by atoms with van der Waals surface area (Å²) >= 11 is 0. The molecule has 0 radical (unpaired) electrons. The molecule has 30 heavy (non-hydrogen) atoms. The minimum Gasteiger partial charge on any atom is -0.453 e. The van der Waals surface area contributed by atoms with Gasteiger partial charge < -0.3 is 14.2 Å². The number of carbonyl (C=O) groups excluding carboxylic acids is 2. The summed E-state index contributed by atoms with van der Waals surface area (Å²) in [6, 6.07) is 13.5. The number of pyridine rings is 1. The van der Waals surface area contributed by atoms with Crippen LogP contribution in [0.15, 0.2) is 53.2 Å². The summed E-state index contributed by atoms with van der Waals surface area (Å²) in [6.07, 6.45) is 1.89. The lowest BCUT2D eigenvalue weighted by Crippen LogP contribution is -2.42. The molecule has 0 saturated heterocycles. The Morgan fingerprint density at radius 3 is 2.77 bits per heavy atom. The first-order chi connectivity index (χ1) is 14.6. The number of hydrogen-bond acceptors (Lipinski definition) is 7. The van der Waals surface area contributed by atoms with Crippen LogP contribution in [0.4, 0.5) is 0 Å². The van der Waals surface area contributed by atoms with Crippen molar-refractivity contribution in [2.24, 2.45) is 0 Å². The first-order valence-corrected chi connectivity index (χ1v) is 9.89. The zero-order valence-corrected chi connectivity index (χ0v) is 16.7. The van der Waals surface area contributed by atoms with E-state index in [4.69, 9.17) is 9.26 Å². The average Bonchev–Trinajstić information content (AvgIpc) is 3.26. The zero-order valence-electron chi connectivity index (χ0n) is 16.7. The van der Waals surface area contributed by atoms with E-state index in [1.807, 2.05) is 24.3 Å². The van der Waals surface area contributed by atoms with E-state index in [1.165, 1.54) is 5.56 Å². The van der Waals surface area contributed by atoms with E-state index in [1.54, 1.807) is 30.2 Å². The van der Waals surface area contributed by atoms with Gasteiger partial charge in [0.2, 0.25) is 11.7 Å². The highest BCUT2D eigenvalue weighted by Crippen LogP contribution is 2.19. The molecule has 0 aliphatic carbocycles. The maximum atomic E-state index is 12.7. The van der Waals surface area contributed by atoms with E-state index in [-0.39, 0.29) is 18.7 Å². The summed E-state index contributed by atoms with van der Waals surface area (Å²) in [5, 5.41) is 3.87. The normalized spacial score (nSPS) is 14.1.